The summed E-state index contributed by atoms with van der Waals surface area (Å²) in [6.07, 6.45) is 1.00. The van der Waals surface area contributed by atoms with Crippen LogP contribution in [0.3, 0.4) is 0 Å². The summed E-state index contributed by atoms with van der Waals surface area (Å²) in [6.45, 7) is 6.26. The molecule has 0 aromatic carbocycles. The summed E-state index contributed by atoms with van der Waals surface area (Å²) in [5, 5.41) is 0. The Balaban J connectivity index is 4.06. The van der Waals surface area contributed by atoms with E-state index in [1.807, 2.05) is 0 Å². The van der Waals surface area contributed by atoms with E-state index in [1.165, 1.54) is 10.1 Å². The van der Waals surface area contributed by atoms with Gasteiger partial charge in [0, 0.05) is 0 Å². The van der Waals surface area contributed by atoms with Gasteiger partial charge in [-0.05, 0) is 31.7 Å². The maximum atomic E-state index is 3.51. The van der Waals surface area contributed by atoms with Crippen LogP contribution < -0.4 is 0 Å². The monoisotopic (exact) mass is 332 g/mol. The molecule has 3 heteroatoms. The second-order valence-electron chi connectivity index (χ2n) is 2.56. The summed E-state index contributed by atoms with van der Waals surface area (Å²) in [4.78, 5) is 0. The van der Waals surface area contributed by atoms with Crippen molar-refractivity contribution in [3.8, 4) is 0 Å². The van der Waals surface area contributed by atoms with Crippen molar-refractivity contribution in [1.29, 1.82) is 0 Å². The molecule has 0 saturated heterocycles. The van der Waals surface area contributed by atoms with Gasteiger partial charge in [0.15, 0.2) is 0 Å². The Morgan fingerprint density at radius 1 is 1.30 bits per heavy atom. The third kappa shape index (κ3) is 5.93. The number of alkyl halides is 2. The molecule has 0 spiro atoms. The maximum Gasteiger partial charge on any atom is 0.0814 e. The molecule has 0 rings (SSSR count). The van der Waals surface area contributed by atoms with E-state index in [1.54, 1.807) is 0 Å². The van der Waals surface area contributed by atoms with Crippen molar-refractivity contribution in [2.24, 2.45) is 0 Å². The van der Waals surface area contributed by atoms with Crippen molar-refractivity contribution in [2.45, 2.75) is 30.4 Å². The molecule has 0 aliphatic heterocycles. The molecular weight excluding hydrogens is 324 g/mol. The zero-order chi connectivity index (χ0) is 8.36. The van der Waals surface area contributed by atoms with E-state index in [9.17, 15) is 0 Å². The van der Waals surface area contributed by atoms with Crippen LogP contribution in [0, 0.1) is 0 Å². The van der Waals surface area contributed by atoms with Gasteiger partial charge in [-0.2, -0.15) is 0 Å². The topological polar surface area (TPSA) is 0 Å². The smallest absolute Gasteiger partial charge is 0.0727 e. The summed E-state index contributed by atoms with van der Waals surface area (Å²) in [5.41, 5.74) is 1.36. The Labute approximate surface area is 87.8 Å². The molecule has 0 bridgehead atoms. The first-order chi connectivity index (χ1) is 4.33. The minimum atomic E-state index is 0.0408. The zero-order valence-electron chi connectivity index (χ0n) is 6.34. The molecule has 60 valence electrons. The highest BCUT2D eigenvalue weighted by molar-refractivity contribution is 9.25. The lowest BCUT2D eigenvalue weighted by molar-refractivity contribution is 0.894. The summed E-state index contributed by atoms with van der Waals surface area (Å²) in [6, 6.07) is 0. The summed E-state index contributed by atoms with van der Waals surface area (Å²) in [7, 11) is 0. The Kier molecular flexibility index (Phi) is 4.77. The van der Waals surface area contributed by atoms with E-state index in [-0.39, 0.29) is 3.23 Å². The average Bonchev–Trinajstić information content (AvgIpc) is 1.60. The summed E-state index contributed by atoms with van der Waals surface area (Å²) >= 11 is 10.4. The standard InChI is InChI=1S/C7H11Br3/c1-5(6(2)8)4-7(3,9)10/h4H2,1-3H3. The number of halogens is 3. The quantitative estimate of drug-likeness (QED) is 0.649. The van der Waals surface area contributed by atoms with Gasteiger partial charge < -0.3 is 0 Å². The first-order valence-electron chi connectivity index (χ1n) is 3.02. The van der Waals surface area contributed by atoms with Crippen molar-refractivity contribution in [2.75, 3.05) is 0 Å². The highest BCUT2D eigenvalue weighted by atomic mass is 79.9. The molecule has 0 aromatic rings. The molecule has 0 radical (unpaired) electrons. The van der Waals surface area contributed by atoms with Gasteiger partial charge in [-0.3, -0.25) is 0 Å². The molecule has 0 saturated carbocycles. The lowest BCUT2D eigenvalue weighted by Gasteiger charge is -2.14. The van der Waals surface area contributed by atoms with Crippen LogP contribution in [0.25, 0.3) is 0 Å². The molecule has 0 unspecified atom stereocenters. The third-order valence-corrected chi connectivity index (χ3v) is 2.40. The number of allylic oxidation sites excluding steroid dienone is 2. The molecule has 0 atom stereocenters. The van der Waals surface area contributed by atoms with Gasteiger partial charge in [0.2, 0.25) is 0 Å². The number of hydrogen-bond acceptors (Lipinski definition) is 0. The SMILES string of the molecule is CC(Br)=C(C)CC(C)(Br)Br. The van der Waals surface area contributed by atoms with Gasteiger partial charge in [0.25, 0.3) is 0 Å². The van der Waals surface area contributed by atoms with Crippen molar-refractivity contribution < 1.29 is 0 Å². The molecule has 0 amide bonds. The van der Waals surface area contributed by atoms with Gasteiger partial charge in [-0.15, -0.1) is 0 Å². The molecule has 0 aliphatic carbocycles. The van der Waals surface area contributed by atoms with Crippen LogP contribution in [0.15, 0.2) is 10.1 Å². The molecule has 0 aliphatic rings. The summed E-state index contributed by atoms with van der Waals surface area (Å²) in [5.74, 6) is 0. The predicted octanol–water partition coefficient (Wildman–Crippen LogP) is 4.57. The molecule has 0 fully saturated rings. The minimum absolute atomic E-state index is 0.0408. The maximum absolute atomic E-state index is 3.51. The fraction of sp³-hybridized carbons (Fsp3) is 0.714. The van der Waals surface area contributed by atoms with Crippen LogP contribution in [0.4, 0.5) is 0 Å². The molecule has 10 heavy (non-hydrogen) atoms. The fourth-order valence-electron chi connectivity index (χ4n) is 0.587. The van der Waals surface area contributed by atoms with Crippen molar-refractivity contribution in [3.05, 3.63) is 10.1 Å². The van der Waals surface area contributed by atoms with Crippen LogP contribution in [-0.4, -0.2) is 3.23 Å². The molecule has 0 aromatic heterocycles. The number of rotatable bonds is 2. The van der Waals surface area contributed by atoms with Crippen LogP contribution in [0.1, 0.15) is 27.2 Å². The second-order valence-corrected chi connectivity index (χ2v) is 8.31. The van der Waals surface area contributed by atoms with E-state index >= 15 is 0 Å². The van der Waals surface area contributed by atoms with E-state index in [0.717, 1.165) is 6.42 Å². The first kappa shape index (κ1) is 11.2. The van der Waals surface area contributed by atoms with Gasteiger partial charge >= 0.3 is 0 Å². The highest BCUT2D eigenvalue weighted by Gasteiger charge is 2.15. The van der Waals surface area contributed by atoms with Crippen LogP contribution in [0.2, 0.25) is 0 Å². The van der Waals surface area contributed by atoms with Gasteiger partial charge in [0.05, 0.1) is 3.23 Å². The van der Waals surface area contributed by atoms with Crippen molar-refractivity contribution in [1.82, 2.24) is 0 Å². The summed E-state index contributed by atoms with van der Waals surface area (Å²) < 4.78 is 1.26. The van der Waals surface area contributed by atoms with Gasteiger partial charge in [-0.1, -0.05) is 53.4 Å². The van der Waals surface area contributed by atoms with E-state index in [0.29, 0.717) is 0 Å². The lowest BCUT2D eigenvalue weighted by Crippen LogP contribution is -2.04. The van der Waals surface area contributed by atoms with Crippen LogP contribution >= 0.6 is 47.8 Å². The fourth-order valence-corrected chi connectivity index (χ4v) is 1.57. The lowest BCUT2D eigenvalue weighted by atomic mass is 10.2. The van der Waals surface area contributed by atoms with Crippen molar-refractivity contribution in [3.63, 3.8) is 0 Å². The average molecular weight is 335 g/mol. The Bertz CT molecular complexity index is 137. The Morgan fingerprint density at radius 3 is 1.80 bits per heavy atom. The predicted molar refractivity (Wildman–Crippen MR) is 58.2 cm³/mol. The van der Waals surface area contributed by atoms with Crippen LogP contribution in [-0.2, 0) is 0 Å². The van der Waals surface area contributed by atoms with Gasteiger partial charge in [0.1, 0.15) is 0 Å². The molecule has 0 N–H and O–H groups in total. The Hall–Kier alpha value is 1.18. The van der Waals surface area contributed by atoms with Crippen molar-refractivity contribution >= 4 is 47.8 Å². The van der Waals surface area contributed by atoms with E-state index in [4.69, 9.17) is 0 Å². The second kappa shape index (κ2) is 4.27. The minimum Gasteiger partial charge on any atom is -0.0727 e. The van der Waals surface area contributed by atoms with Gasteiger partial charge in [-0.25, -0.2) is 0 Å². The van der Waals surface area contributed by atoms with E-state index in [2.05, 4.69) is 68.6 Å². The molecule has 0 heterocycles. The zero-order valence-corrected chi connectivity index (χ0v) is 11.1. The van der Waals surface area contributed by atoms with Crippen LogP contribution in [0.5, 0.6) is 0 Å². The molecular formula is C7H11Br3. The third-order valence-electron chi connectivity index (χ3n) is 1.16. The Morgan fingerprint density at radius 2 is 1.70 bits per heavy atom. The highest BCUT2D eigenvalue weighted by Crippen LogP contribution is 2.33. The normalized spacial score (nSPS) is 15.0. The van der Waals surface area contributed by atoms with E-state index < -0.39 is 0 Å². The largest absolute Gasteiger partial charge is 0.0814 e. The molecule has 0 nitrogen and oxygen atoms in total. The first-order valence-corrected chi connectivity index (χ1v) is 5.40. The number of hydrogen-bond donors (Lipinski definition) is 0.